The average molecular weight is 306 g/mol. The van der Waals surface area contributed by atoms with E-state index in [1.165, 1.54) is 0 Å². The summed E-state index contributed by atoms with van der Waals surface area (Å²) in [6.07, 6.45) is -1.82. The Morgan fingerprint density at radius 1 is 0.762 bits per heavy atom. The molecule has 0 spiro atoms. The highest BCUT2D eigenvalue weighted by molar-refractivity contribution is 5.88. The quantitative estimate of drug-likeness (QED) is 0.295. The molecule has 0 heterocycles. The van der Waals surface area contributed by atoms with Gasteiger partial charge in [-0.15, -0.1) is 0 Å². The zero-order valence-corrected chi connectivity index (χ0v) is 10.6. The number of rotatable bonds is 9. The minimum absolute atomic E-state index is 0.408. The van der Waals surface area contributed by atoms with Gasteiger partial charge in [-0.3, -0.25) is 9.59 Å². The number of carbonyl (C=O) groups excluding carboxylic acids is 1. The number of aliphatic carboxylic acids is 4. The third-order valence-corrected chi connectivity index (χ3v) is 2.23. The molecular formula is C10H14N2O9. The Labute approximate surface area is 117 Å². The summed E-state index contributed by atoms with van der Waals surface area (Å²) < 4.78 is 0. The molecule has 0 bridgehead atoms. The first-order valence-corrected chi connectivity index (χ1v) is 5.59. The van der Waals surface area contributed by atoms with Crippen molar-refractivity contribution in [2.75, 3.05) is 0 Å². The summed E-state index contributed by atoms with van der Waals surface area (Å²) in [7, 11) is 0. The lowest BCUT2D eigenvalue weighted by molar-refractivity contribution is -0.145. The van der Waals surface area contributed by atoms with Crippen LogP contribution in [0.15, 0.2) is 0 Å². The van der Waals surface area contributed by atoms with E-state index in [-0.39, 0.29) is 0 Å². The lowest BCUT2D eigenvalue weighted by Gasteiger charge is -2.17. The second kappa shape index (κ2) is 8.35. The molecule has 0 radical (unpaired) electrons. The van der Waals surface area contributed by atoms with Gasteiger partial charge in [0.1, 0.15) is 12.1 Å². The molecular weight excluding hydrogens is 292 g/mol. The smallest absolute Gasteiger partial charge is 0.326 e. The van der Waals surface area contributed by atoms with Crippen molar-refractivity contribution in [2.24, 2.45) is 0 Å². The Bertz CT molecular complexity index is 448. The van der Waals surface area contributed by atoms with Crippen LogP contribution in [0.1, 0.15) is 19.3 Å². The highest BCUT2D eigenvalue weighted by Gasteiger charge is 2.26. The molecule has 0 aromatic heterocycles. The fourth-order valence-corrected chi connectivity index (χ4v) is 1.26. The minimum atomic E-state index is -1.74. The Kier molecular flexibility index (Phi) is 7.21. The van der Waals surface area contributed by atoms with Crippen molar-refractivity contribution in [3.63, 3.8) is 0 Å². The molecule has 118 valence electrons. The van der Waals surface area contributed by atoms with Crippen LogP contribution < -0.4 is 10.6 Å². The maximum Gasteiger partial charge on any atom is 0.326 e. The van der Waals surface area contributed by atoms with E-state index in [1.54, 1.807) is 5.32 Å². The summed E-state index contributed by atoms with van der Waals surface area (Å²) in [4.78, 5) is 53.7. The van der Waals surface area contributed by atoms with Gasteiger partial charge in [0.05, 0.1) is 6.42 Å². The predicted octanol–water partition coefficient (Wildman–Crippen LogP) is -1.47. The zero-order valence-electron chi connectivity index (χ0n) is 10.6. The Hall–Kier alpha value is -2.85. The molecule has 6 N–H and O–H groups in total. The van der Waals surface area contributed by atoms with Gasteiger partial charge in [0.15, 0.2) is 0 Å². The maximum absolute atomic E-state index is 11.4. The van der Waals surface area contributed by atoms with Gasteiger partial charge in [-0.1, -0.05) is 0 Å². The van der Waals surface area contributed by atoms with Crippen LogP contribution in [0.3, 0.4) is 0 Å². The second-order valence-electron chi connectivity index (χ2n) is 3.93. The topological polar surface area (TPSA) is 190 Å². The standard InChI is InChI=1S/C10H14N2O9/c13-6(14)2-1-4(8(17)18)11-10(21)12-5(9(19)20)3-7(15)16/h4-5H,1-3H2,(H,13,14)(H,15,16)(H,17,18)(H,19,20)(H2,11,12,21). The summed E-state index contributed by atoms with van der Waals surface area (Å²) in [5.41, 5.74) is 0. The molecule has 0 aromatic rings. The van der Waals surface area contributed by atoms with Gasteiger partial charge >= 0.3 is 29.9 Å². The van der Waals surface area contributed by atoms with Crippen LogP contribution in [0.4, 0.5) is 4.79 Å². The predicted molar refractivity (Wildman–Crippen MR) is 63.6 cm³/mol. The zero-order chi connectivity index (χ0) is 16.6. The number of hydrogen-bond acceptors (Lipinski definition) is 5. The van der Waals surface area contributed by atoms with Crippen LogP contribution in [0.2, 0.25) is 0 Å². The molecule has 0 saturated carbocycles. The molecule has 0 rings (SSSR count). The normalized spacial score (nSPS) is 12.8. The summed E-state index contributed by atoms with van der Waals surface area (Å²) in [5, 5.41) is 38.0. The van der Waals surface area contributed by atoms with Gasteiger partial charge < -0.3 is 31.1 Å². The molecule has 11 heteroatoms. The third-order valence-electron chi connectivity index (χ3n) is 2.23. The third kappa shape index (κ3) is 8.02. The van der Waals surface area contributed by atoms with Crippen LogP contribution in [0, 0.1) is 0 Å². The molecule has 2 atom stereocenters. The fourth-order valence-electron chi connectivity index (χ4n) is 1.26. The van der Waals surface area contributed by atoms with E-state index in [0.717, 1.165) is 0 Å². The first-order chi connectivity index (χ1) is 9.63. The van der Waals surface area contributed by atoms with E-state index in [1.807, 2.05) is 5.32 Å². The Morgan fingerprint density at radius 3 is 1.62 bits per heavy atom. The lowest BCUT2D eigenvalue weighted by Crippen LogP contribution is -2.51. The first-order valence-electron chi connectivity index (χ1n) is 5.59. The van der Waals surface area contributed by atoms with E-state index in [0.29, 0.717) is 0 Å². The maximum atomic E-state index is 11.4. The van der Waals surface area contributed by atoms with Gasteiger partial charge in [0, 0.05) is 6.42 Å². The highest BCUT2D eigenvalue weighted by atomic mass is 16.4. The van der Waals surface area contributed by atoms with E-state index in [2.05, 4.69) is 0 Å². The van der Waals surface area contributed by atoms with Gasteiger partial charge in [-0.05, 0) is 6.42 Å². The van der Waals surface area contributed by atoms with Crippen molar-refractivity contribution in [3.8, 4) is 0 Å². The second-order valence-corrected chi connectivity index (χ2v) is 3.93. The number of carboxylic acid groups (broad SMARTS) is 4. The molecule has 0 aliphatic carbocycles. The van der Waals surface area contributed by atoms with E-state index < -0.39 is 61.3 Å². The van der Waals surface area contributed by atoms with Crippen molar-refractivity contribution >= 4 is 29.9 Å². The molecule has 11 nitrogen and oxygen atoms in total. The van der Waals surface area contributed by atoms with Gasteiger partial charge in [0.2, 0.25) is 0 Å². The molecule has 21 heavy (non-hydrogen) atoms. The average Bonchev–Trinajstić information content (AvgIpc) is 2.32. The number of carboxylic acids is 4. The summed E-state index contributed by atoms with van der Waals surface area (Å²) in [6.45, 7) is 0. The van der Waals surface area contributed by atoms with Crippen LogP contribution in [-0.2, 0) is 19.2 Å². The molecule has 0 fully saturated rings. The number of nitrogens with one attached hydrogen (secondary N) is 2. The van der Waals surface area contributed by atoms with Crippen LogP contribution in [0.25, 0.3) is 0 Å². The Morgan fingerprint density at radius 2 is 1.24 bits per heavy atom. The lowest BCUT2D eigenvalue weighted by atomic mass is 10.1. The molecule has 2 unspecified atom stereocenters. The number of amides is 2. The van der Waals surface area contributed by atoms with Crippen molar-refractivity contribution in [3.05, 3.63) is 0 Å². The van der Waals surface area contributed by atoms with Crippen molar-refractivity contribution in [1.82, 2.24) is 10.6 Å². The largest absolute Gasteiger partial charge is 0.481 e. The number of carbonyl (C=O) groups is 5. The monoisotopic (exact) mass is 306 g/mol. The van der Waals surface area contributed by atoms with Gasteiger partial charge in [-0.2, -0.15) is 0 Å². The molecule has 2 amide bonds. The van der Waals surface area contributed by atoms with Crippen molar-refractivity contribution in [2.45, 2.75) is 31.3 Å². The molecule has 0 aliphatic rings. The van der Waals surface area contributed by atoms with Crippen LogP contribution in [0.5, 0.6) is 0 Å². The van der Waals surface area contributed by atoms with Gasteiger partial charge in [0.25, 0.3) is 0 Å². The minimum Gasteiger partial charge on any atom is -0.481 e. The van der Waals surface area contributed by atoms with E-state index in [4.69, 9.17) is 20.4 Å². The number of urea groups is 1. The van der Waals surface area contributed by atoms with Crippen molar-refractivity contribution in [1.29, 1.82) is 0 Å². The fraction of sp³-hybridized carbons (Fsp3) is 0.500. The van der Waals surface area contributed by atoms with E-state index >= 15 is 0 Å². The first kappa shape index (κ1) is 18.1. The van der Waals surface area contributed by atoms with Crippen LogP contribution in [-0.4, -0.2) is 62.4 Å². The summed E-state index contributed by atoms with van der Waals surface area (Å²) >= 11 is 0. The highest BCUT2D eigenvalue weighted by Crippen LogP contribution is 1.99. The summed E-state index contributed by atoms with van der Waals surface area (Å²) in [6, 6.07) is -4.50. The van der Waals surface area contributed by atoms with Crippen molar-refractivity contribution < 1.29 is 44.4 Å². The Balaban J connectivity index is 4.60. The molecule has 0 aliphatic heterocycles. The number of hydrogen-bond donors (Lipinski definition) is 6. The van der Waals surface area contributed by atoms with E-state index in [9.17, 15) is 24.0 Å². The molecule has 0 saturated heterocycles. The van der Waals surface area contributed by atoms with Gasteiger partial charge in [-0.25, -0.2) is 14.4 Å². The molecule has 0 aromatic carbocycles. The SMILES string of the molecule is O=C(O)CCC(NC(=O)NC(CC(=O)O)C(=O)O)C(=O)O. The summed E-state index contributed by atoms with van der Waals surface area (Å²) in [5.74, 6) is -5.84. The van der Waals surface area contributed by atoms with Crippen LogP contribution >= 0.6 is 0 Å².